The highest BCUT2D eigenvalue weighted by Gasteiger charge is 2.03. The predicted octanol–water partition coefficient (Wildman–Crippen LogP) is 1.76. The summed E-state index contributed by atoms with van der Waals surface area (Å²) < 4.78 is 1.13. The van der Waals surface area contributed by atoms with Gasteiger partial charge in [-0.3, -0.25) is 0 Å². The molecule has 0 saturated heterocycles. The lowest BCUT2D eigenvalue weighted by Crippen LogP contribution is -1.80. The van der Waals surface area contributed by atoms with Gasteiger partial charge in [0.2, 0.25) is 0 Å². The molecule has 0 radical (unpaired) electrons. The molecule has 2 nitrogen and oxygen atoms in total. The Kier molecular flexibility index (Phi) is 2.80. The maximum atomic E-state index is 5.49. The van der Waals surface area contributed by atoms with Crippen LogP contribution in [0.3, 0.4) is 0 Å². The molecule has 1 heterocycles. The van der Waals surface area contributed by atoms with E-state index in [2.05, 4.69) is 10.9 Å². The van der Waals surface area contributed by atoms with E-state index < -0.39 is 0 Å². The van der Waals surface area contributed by atoms with E-state index in [1.54, 1.807) is 11.8 Å². The number of nitrogens with two attached hydrogens (primary N) is 1. The molecule has 0 saturated carbocycles. The Labute approximate surface area is 74.2 Å². The summed E-state index contributed by atoms with van der Waals surface area (Å²) in [7, 11) is 0. The summed E-state index contributed by atoms with van der Waals surface area (Å²) >= 11 is 3.10. The second kappa shape index (κ2) is 3.65. The second-order valence-electron chi connectivity index (χ2n) is 1.92. The number of anilines is 1. The minimum absolute atomic E-state index is 0.613. The van der Waals surface area contributed by atoms with Crippen molar-refractivity contribution in [2.45, 2.75) is 11.1 Å². The van der Waals surface area contributed by atoms with E-state index in [4.69, 9.17) is 12.2 Å². The van der Waals surface area contributed by atoms with Crippen molar-refractivity contribution in [3.63, 3.8) is 0 Å². The smallest absolute Gasteiger partial charge is 0.181 e. The molecule has 4 heteroatoms. The van der Waals surface area contributed by atoms with Gasteiger partial charge < -0.3 is 5.73 Å². The van der Waals surface area contributed by atoms with Crippen LogP contribution in [0.25, 0.3) is 0 Å². The Balaban J connectivity index is 2.71. The summed E-state index contributed by atoms with van der Waals surface area (Å²) in [6.07, 6.45) is 5.12. The molecular weight excluding hydrogens is 176 g/mol. The van der Waals surface area contributed by atoms with E-state index in [1.807, 2.05) is 6.92 Å². The fourth-order valence-corrected chi connectivity index (χ4v) is 2.35. The molecule has 0 aliphatic heterocycles. The van der Waals surface area contributed by atoms with Crippen LogP contribution in [0.1, 0.15) is 5.69 Å². The number of aryl methyl sites for hydroxylation is 1. The van der Waals surface area contributed by atoms with Gasteiger partial charge in [0, 0.05) is 0 Å². The van der Waals surface area contributed by atoms with Crippen LogP contribution in [0.5, 0.6) is 0 Å². The average molecular weight is 184 g/mol. The third-order valence-electron chi connectivity index (χ3n) is 1.06. The molecule has 0 aliphatic rings. The van der Waals surface area contributed by atoms with Crippen LogP contribution in [-0.2, 0) is 0 Å². The number of nitrogens with zero attached hydrogens (tertiary/aromatic N) is 1. The van der Waals surface area contributed by atoms with Crippen molar-refractivity contribution in [2.75, 3.05) is 11.5 Å². The van der Waals surface area contributed by atoms with E-state index in [0.717, 1.165) is 9.90 Å². The zero-order chi connectivity index (χ0) is 8.27. The van der Waals surface area contributed by atoms with Crippen LogP contribution in [0.4, 0.5) is 5.13 Å². The van der Waals surface area contributed by atoms with Gasteiger partial charge in [0.25, 0.3) is 0 Å². The lowest BCUT2D eigenvalue weighted by molar-refractivity contribution is 1.22. The molecule has 58 valence electrons. The Morgan fingerprint density at radius 2 is 2.55 bits per heavy atom. The summed E-state index contributed by atoms with van der Waals surface area (Å²) in [5.41, 5.74) is 6.47. The highest BCUT2D eigenvalue weighted by Crippen LogP contribution is 2.29. The number of hydrogen-bond acceptors (Lipinski definition) is 4. The first kappa shape index (κ1) is 8.44. The first-order valence-electron chi connectivity index (χ1n) is 3.03. The van der Waals surface area contributed by atoms with Crippen molar-refractivity contribution in [3.8, 4) is 12.3 Å². The predicted molar refractivity (Wildman–Crippen MR) is 50.8 cm³/mol. The van der Waals surface area contributed by atoms with Gasteiger partial charge in [-0.15, -0.1) is 18.2 Å². The van der Waals surface area contributed by atoms with Crippen LogP contribution < -0.4 is 5.73 Å². The molecule has 2 N–H and O–H groups in total. The monoisotopic (exact) mass is 184 g/mol. The van der Waals surface area contributed by atoms with E-state index >= 15 is 0 Å². The van der Waals surface area contributed by atoms with Gasteiger partial charge >= 0.3 is 0 Å². The largest absolute Gasteiger partial charge is 0.375 e. The molecule has 0 fully saturated rings. The molecular formula is C7H8N2S2. The van der Waals surface area contributed by atoms with E-state index in [9.17, 15) is 0 Å². The van der Waals surface area contributed by atoms with Crippen molar-refractivity contribution < 1.29 is 0 Å². The first-order chi connectivity index (χ1) is 5.24. The molecule has 0 bridgehead atoms. The Morgan fingerprint density at radius 1 is 1.82 bits per heavy atom. The second-order valence-corrected chi connectivity index (χ2v) is 4.19. The topological polar surface area (TPSA) is 38.9 Å². The van der Waals surface area contributed by atoms with Gasteiger partial charge in [-0.25, -0.2) is 4.98 Å². The Bertz CT molecular complexity index is 285. The van der Waals surface area contributed by atoms with Gasteiger partial charge in [-0.2, -0.15) is 0 Å². The number of thiazole rings is 1. The SMILES string of the molecule is C#CCSc1sc(N)nc1C. The number of nitrogen functional groups attached to an aromatic ring is 1. The number of aromatic nitrogens is 1. The van der Waals surface area contributed by atoms with E-state index in [0.29, 0.717) is 10.9 Å². The summed E-state index contributed by atoms with van der Waals surface area (Å²) in [6, 6.07) is 0. The standard InChI is InChI=1S/C7H8N2S2/c1-3-4-10-6-5(2)9-7(8)11-6/h1H,4H2,2H3,(H2,8,9). The summed E-state index contributed by atoms with van der Waals surface area (Å²) in [4.78, 5) is 4.07. The molecule has 0 spiro atoms. The molecule has 11 heavy (non-hydrogen) atoms. The molecule has 0 aliphatic carbocycles. The third-order valence-corrected chi connectivity index (χ3v) is 3.31. The highest BCUT2D eigenvalue weighted by molar-refractivity contribution is 8.01. The van der Waals surface area contributed by atoms with Crippen molar-refractivity contribution in [2.24, 2.45) is 0 Å². The lowest BCUT2D eigenvalue weighted by atomic mass is 10.6. The van der Waals surface area contributed by atoms with Crippen LogP contribution in [-0.4, -0.2) is 10.7 Å². The number of thioether (sulfide) groups is 1. The van der Waals surface area contributed by atoms with Crippen molar-refractivity contribution in [1.29, 1.82) is 0 Å². The van der Waals surface area contributed by atoms with Gasteiger partial charge in [0.1, 0.15) is 0 Å². The summed E-state index contributed by atoms with van der Waals surface area (Å²) in [5.74, 6) is 3.24. The third kappa shape index (κ3) is 2.14. The fraction of sp³-hybridized carbons (Fsp3) is 0.286. The summed E-state index contributed by atoms with van der Waals surface area (Å²) in [6.45, 7) is 1.94. The number of hydrogen-bond donors (Lipinski definition) is 1. The Morgan fingerprint density at radius 3 is 3.00 bits per heavy atom. The minimum atomic E-state index is 0.613. The average Bonchev–Trinajstić information content (AvgIpc) is 2.26. The summed E-state index contributed by atoms with van der Waals surface area (Å²) in [5, 5.41) is 0.613. The maximum absolute atomic E-state index is 5.49. The fourth-order valence-electron chi connectivity index (χ4n) is 0.644. The van der Waals surface area contributed by atoms with E-state index in [-0.39, 0.29) is 0 Å². The minimum Gasteiger partial charge on any atom is -0.375 e. The van der Waals surface area contributed by atoms with Crippen LogP contribution in [0, 0.1) is 19.3 Å². The van der Waals surface area contributed by atoms with Crippen molar-refractivity contribution >= 4 is 28.2 Å². The molecule has 0 aromatic carbocycles. The molecule has 1 aromatic rings. The lowest BCUT2D eigenvalue weighted by Gasteiger charge is -1.89. The van der Waals surface area contributed by atoms with E-state index in [1.165, 1.54) is 11.3 Å². The van der Waals surface area contributed by atoms with Crippen LogP contribution in [0.2, 0.25) is 0 Å². The van der Waals surface area contributed by atoms with Gasteiger partial charge in [0.15, 0.2) is 5.13 Å². The first-order valence-corrected chi connectivity index (χ1v) is 4.83. The van der Waals surface area contributed by atoms with Crippen molar-refractivity contribution in [3.05, 3.63) is 5.69 Å². The number of terminal acetylenes is 1. The zero-order valence-corrected chi connectivity index (χ0v) is 7.76. The van der Waals surface area contributed by atoms with Gasteiger partial charge in [-0.05, 0) is 6.92 Å². The molecule has 1 aromatic heterocycles. The van der Waals surface area contributed by atoms with Crippen LogP contribution >= 0.6 is 23.1 Å². The van der Waals surface area contributed by atoms with Gasteiger partial charge in [-0.1, -0.05) is 17.3 Å². The molecule has 0 unspecified atom stereocenters. The highest BCUT2D eigenvalue weighted by atomic mass is 32.2. The Hall–Kier alpha value is -0.660. The van der Waals surface area contributed by atoms with Crippen LogP contribution in [0.15, 0.2) is 4.21 Å². The molecule has 0 atom stereocenters. The van der Waals surface area contributed by atoms with Crippen molar-refractivity contribution in [1.82, 2.24) is 4.98 Å². The molecule has 1 rings (SSSR count). The quantitative estimate of drug-likeness (QED) is 0.562. The zero-order valence-electron chi connectivity index (χ0n) is 6.13. The van der Waals surface area contributed by atoms with Gasteiger partial charge in [0.05, 0.1) is 15.7 Å². The normalized spacial score (nSPS) is 9.45. The maximum Gasteiger partial charge on any atom is 0.181 e. The molecule has 0 amide bonds. The number of rotatable bonds is 2.